The summed E-state index contributed by atoms with van der Waals surface area (Å²) in [7, 11) is 0. The van der Waals surface area contributed by atoms with Gasteiger partial charge in [0.1, 0.15) is 6.07 Å². The molecule has 0 radical (unpaired) electrons. The third-order valence-corrected chi connectivity index (χ3v) is 2.23. The van der Waals surface area contributed by atoms with Gasteiger partial charge in [0.05, 0.1) is 11.1 Å². The van der Waals surface area contributed by atoms with E-state index >= 15 is 0 Å². The topological polar surface area (TPSA) is 50.1 Å². The Morgan fingerprint density at radius 2 is 2.06 bits per heavy atom. The Morgan fingerprint density at radius 3 is 2.47 bits per heavy atom. The van der Waals surface area contributed by atoms with Gasteiger partial charge in [-0.15, -0.1) is 13.2 Å². The SMILES string of the molecule is CC(=O)c1cc(Br)cc(C#N)c1OC(F)(F)F. The first-order chi connectivity index (χ1) is 7.74. The van der Waals surface area contributed by atoms with Crippen LogP contribution < -0.4 is 4.74 Å². The summed E-state index contributed by atoms with van der Waals surface area (Å²) in [5.41, 5.74) is -0.657. The summed E-state index contributed by atoms with van der Waals surface area (Å²) in [5.74, 6) is -1.39. The van der Waals surface area contributed by atoms with Gasteiger partial charge in [0.15, 0.2) is 11.5 Å². The molecule has 0 unspecified atom stereocenters. The van der Waals surface area contributed by atoms with Crippen LogP contribution in [-0.4, -0.2) is 12.1 Å². The van der Waals surface area contributed by atoms with Crippen LogP contribution in [0.25, 0.3) is 0 Å². The normalized spacial score (nSPS) is 10.8. The molecule has 1 rings (SSSR count). The van der Waals surface area contributed by atoms with Crippen molar-refractivity contribution in [3.8, 4) is 11.8 Å². The Bertz CT molecular complexity index is 505. The molecule has 0 atom stereocenters. The van der Waals surface area contributed by atoms with Crippen LogP contribution in [0.2, 0.25) is 0 Å². The van der Waals surface area contributed by atoms with E-state index in [1.165, 1.54) is 6.07 Å². The highest BCUT2D eigenvalue weighted by molar-refractivity contribution is 9.10. The third-order valence-electron chi connectivity index (χ3n) is 1.77. The third kappa shape index (κ3) is 3.46. The maximum Gasteiger partial charge on any atom is 0.573 e. The molecule has 0 amide bonds. The van der Waals surface area contributed by atoms with Gasteiger partial charge in [-0.25, -0.2) is 0 Å². The molecule has 0 aliphatic rings. The molecule has 1 aromatic rings. The first-order valence-corrected chi connectivity index (χ1v) is 5.04. The summed E-state index contributed by atoms with van der Waals surface area (Å²) in [5, 5.41) is 8.72. The zero-order valence-corrected chi connectivity index (χ0v) is 10.0. The van der Waals surface area contributed by atoms with Crippen LogP contribution in [0.3, 0.4) is 0 Å². The molecule has 0 aromatic heterocycles. The Kier molecular flexibility index (Phi) is 3.78. The van der Waals surface area contributed by atoms with E-state index in [1.807, 2.05) is 0 Å². The van der Waals surface area contributed by atoms with Crippen molar-refractivity contribution in [2.45, 2.75) is 13.3 Å². The van der Waals surface area contributed by atoms with Gasteiger partial charge >= 0.3 is 6.36 Å². The molecule has 0 spiro atoms. The predicted octanol–water partition coefficient (Wildman–Crippen LogP) is 3.42. The monoisotopic (exact) mass is 307 g/mol. The van der Waals surface area contributed by atoms with Gasteiger partial charge in [0.25, 0.3) is 0 Å². The number of benzene rings is 1. The van der Waals surface area contributed by atoms with E-state index in [1.54, 1.807) is 6.07 Å². The second-order valence-electron chi connectivity index (χ2n) is 3.05. The van der Waals surface area contributed by atoms with Crippen LogP contribution in [0.4, 0.5) is 13.2 Å². The number of ketones is 1. The van der Waals surface area contributed by atoms with Crippen LogP contribution in [0.5, 0.6) is 5.75 Å². The summed E-state index contributed by atoms with van der Waals surface area (Å²) in [4.78, 5) is 11.2. The molecule has 3 nitrogen and oxygen atoms in total. The number of alkyl halides is 3. The fraction of sp³-hybridized carbons (Fsp3) is 0.200. The number of hydrogen-bond donors (Lipinski definition) is 0. The summed E-state index contributed by atoms with van der Waals surface area (Å²) in [6.45, 7) is 1.09. The summed E-state index contributed by atoms with van der Waals surface area (Å²) in [6, 6.07) is 3.86. The molecule has 0 bridgehead atoms. The fourth-order valence-corrected chi connectivity index (χ4v) is 1.62. The van der Waals surface area contributed by atoms with E-state index in [2.05, 4.69) is 20.7 Å². The van der Waals surface area contributed by atoms with Crippen LogP contribution in [0, 0.1) is 11.3 Å². The smallest absolute Gasteiger partial charge is 0.404 e. The van der Waals surface area contributed by atoms with E-state index < -0.39 is 17.9 Å². The number of halogens is 4. The molecule has 0 fully saturated rings. The standard InChI is InChI=1S/C10H5BrF3NO2/c1-5(16)8-3-7(11)2-6(4-15)9(8)17-10(12,13)14/h2-3H,1H3. The van der Waals surface area contributed by atoms with Gasteiger partial charge in [-0.3, -0.25) is 4.79 Å². The Hall–Kier alpha value is -1.55. The number of rotatable bonds is 2. The number of hydrogen-bond acceptors (Lipinski definition) is 3. The first-order valence-electron chi connectivity index (χ1n) is 4.25. The lowest BCUT2D eigenvalue weighted by molar-refractivity contribution is -0.274. The fourth-order valence-electron chi connectivity index (χ4n) is 1.16. The molecule has 0 aliphatic heterocycles. The molecular weight excluding hydrogens is 303 g/mol. The maximum atomic E-state index is 12.1. The summed E-state index contributed by atoms with van der Waals surface area (Å²) in [6.07, 6.45) is -4.95. The minimum absolute atomic E-state index is 0.298. The van der Waals surface area contributed by atoms with Gasteiger partial charge in [0.2, 0.25) is 0 Å². The van der Waals surface area contributed by atoms with Crippen LogP contribution >= 0.6 is 15.9 Å². The van der Waals surface area contributed by atoms with Gasteiger partial charge in [-0.05, 0) is 19.1 Å². The average Bonchev–Trinajstić information content (AvgIpc) is 2.17. The number of carbonyl (C=O) groups excluding carboxylic acids is 1. The van der Waals surface area contributed by atoms with Crippen molar-refractivity contribution in [1.82, 2.24) is 0 Å². The molecule has 1 aromatic carbocycles. The van der Waals surface area contributed by atoms with Crippen molar-refractivity contribution >= 4 is 21.7 Å². The van der Waals surface area contributed by atoms with E-state index in [0.29, 0.717) is 4.47 Å². The van der Waals surface area contributed by atoms with Crippen molar-refractivity contribution in [3.05, 3.63) is 27.7 Å². The van der Waals surface area contributed by atoms with Gasteiger partial charge in [-0.2, -0.15) is 5.26 Å². The van der Waals surface area contributed by atoms with Crippen molar-refractivity contribution < 1.29 is 22.7 Å². The van der Waals surface area contributed by atoms with E-state index in [-0.39, 0.29) is 11.1 Å². The van der Waals surface area contributed by atoms with Crippen molar-refractivity contribution in [3.63, 3.8) is 0 Å². The molecule has 17 heavy (non-hydrogen) atoms. The molecule has 0 saturated heterocycles. The van der Waals surface area contributed by atoms with Gasteiger partial charge in [-0.1, -0.05) is 15.9 Å². The summed E-state index contributed by atoms with van der Waals surface area (Å²) >= 11 is 3.00. The molecular formula is C10H5BrF3NO2. The van der Waals surface area contributed by atoms with E-state index in [9.17, 15) is 18.0 Å². The Morgan fingerprint density at radius 1 is 1.47 bits per heavy atom. The molecule has 0 saturated carbocycles. The number of carbonyl (C=O) groups is 1. The predicted molar refractivity (Wildman–Crippen MR) is 55.5 cm³/mol. The Balaban J connectivity index is 3.44. The molecule has 7 heteroatoms. The maximum absolute atomic E-state index is 12.1. The van der Waals surface area contributed by atoms with Crippen molar-refractivity contribution in [1.29, 1.82) is 5.26 Å². The zero-order valence-electron chi connectivity index (χ0n) is 8.43. The summed E-state index contributed by atoms with van der Waals surface area (Å²) < 4.78 is 40.5. The van der Waals surface area contributed by atoms with Crippen LogP contribution in [-0.2, 0) is 0 Å². The largest absolute Gasteiger partial charge is 0.573 e. The number of nitrogens with zero attached hydrogens (tertiary/aromatic N) is 1. The van der Waals surface area contributed by atoms with Crippen molar-refractivity contribution in [2.75, 3.05) is 0 Å². The second kappa shape index (κ2) is 4.75. The highest BCUT2D eigenvalue weighted by atomic mass is 79.9. The number of Topliss-reactive ketones (excluding diaryl/α,β-unsaturated/α-hetero) is 1. The lowest BCUT2D eigenvalue weighted by atomic mass is 10.1. The number of nitriles is 1. The second-order valence-corrected chi connectivity index (χ2v) is 3.96. The molecule has 0 aliphatic carbocycles. The zero-order chi connectivity index (χ0) is 13.2. The Labute approximate surface area is 103 Å². The molecule has 0 heterocycles. The average molecular weight is 308 g/mol. The quantitative estimate of drug-likeness (QED) is 0.787. The van der Waals surface area contributed by atoms with Gasteiger partial charge < -0.3 is 4.74 Å². The number of ether oxygens (including phenoxy) is 1. The molecule has 0 N–H and O–H groups in total. The highest BCUT2D eigenvalue weighted by Gasteiger charge is 2.34. The van der Waals surface area contributed by atoms with E-state index in [4.69, 9.17) is 5.26 Å². The highest BCUT2D eigenvalue weighted by Crippen LogP contribution is 2.32. The lowest BCUT2D eigenvalue weighted by Crippen LogP contribution is -2.19. The van der Waals surface area contributed by atoms with Crippen molar-refractivity contribution in [2.24, 2.45) is 0 Å². The first kappa shape index (κ1) is 13.5. The van der Waals surface area contributed by atoms with Crippen LogP contribution in [0.15, 0.2) is 16.6 Å². The van der Waals surface area contributed by atoms with Crippen LogP contribution in [0.1, 0.15) is 22.8 Å². The minimum atomic E-state index is -4.95. The molecule has 90 valence electrons. The van der Waals surface area contributed by atoms with Gasteiger partial charge in [0, 0.05) is 4.47 Å². The minimum Gasteiger partial charge on any atom is -0.404 e. The van der Waals surface area contributed by atoms with E-state index in [0.717, 1.165) is 13.0 Å². The lowest BCUT2D eigenvalue weighted by Gasteiger charge is -2.13.